The number of nitrogens with one attached hydrogen (secondary N) is 1. The van der Waals surface area contributed by atoms with Gasteiger partial charge >= 0.3 is 0 Å². The number of amides is 1. The second kappa shape index (κ2) is 9.59. The lowest BCUT2D eigenvalue weighted by atomic mass is 10.1. The predicted molar refractivity (Wildman–Crippen MR) is 125 cm³/mol. The van der Waals surface area contributed by atoms with E-state index in [1.165, 1.54) is 5.56 Å². The average molecular weight is 440 g/mol. The van der Waals surface area contributed by atoms with E-state index in [0.717, 1.165) is 47.7 Å². The molecule has 0 radical (unpaired) electrons. The van der Waals surface area contributed by atoms with Gasteiger partial charge in [0, 0.05) is 48.6 Å². The third-order valence-corrected chi connectivity index (χ3v) is 7.24. The Labute approximate surface area is 185 Å². The van der Waals surface area contributed by atoms with Crippen molar-refractivity contribution in [1.29, 1.82) is 0 Å². The van der Waals surface area contributed by atoms with Gasteiger partial charge in [-0.05, 0) is 43.8 Å². The SMILES string of the molecule is Cc1csc(SCc2ccc(C(=O)Nc3ccc(N4CCN(C)CC4)cn3)cc2)n1. The van der Waals surface area contributed by atoms with Crippen LogP contribution in [-0.4, -0.2) is 54.0 Å². The van der Waals surface area contributed by atoms with Crippen molar-refractivity contribution in [1.82, 2.24) is 14.9 Å². The van der Waals surface area contributed by atoms with E-state index in [9.17, 15) is 4.79 Å². The molecule has 3 heterocycles. The van der Waals surface area contributed by atoms with Crippen molar-refractivity contribution in [2.75, 3.05) is 43.4 Å². The first kappa shape index (κ1) is 20.8. The van der Waals surface area contributed by atoms with Crippen molar-refractivity contribution in [2.24, 2.45) is 0 Å². The zero-order valence-electron chi connectivity index (χ0n) is 17.2. The van der Waals surface area contributed by atoms with Crippen LogP contribution in [0.5, 0.6) is 0 Å². The van der Waals surface area contributed by atoms with Crippen molar-refractivity contribution in [3.05, 3.63) is 64.8 Å². The van der Waals surface area contributed by atoms with E-state index in [1.54, 1.807) is 23.1 Å². The standard InChI is InChI=1S/C22H25N5OS2/c1-16-14-29-22(24-16)30-15-17-3-5-18(6-4-17)21(28)25-20-8-7-19(13-23-20)27-11-9-26(2)10-12-27/h3-8,13-14H,9-12,15H2,1-2H3,(H,23,25,28). The van der Waals surface area contributed by atoms with Gasteiger partial charge < -0.3 is 15.1 Å². The van der Waals surface area contributed by atoms with Crippen molar-refractivity contribution < 1.29 is 4.79 Å². The third-order valence-electron chi connectivity index (χ3n) is 5.03. The fourth-order valence-electron chi connectivity index (χ4n) is 3.20. The van der Waals surface area contributed by atoms with Crippen LogP contribution >= 0.6 is 23.1 Å². The summed E-state index contributed by atoms with van der Waals surface area (Å²) in [5, 5.41) is 4.94. The number of nitrogens with zero attached hydrogens (tertiary/aromatic N) is 4. The van der Waals surface area contributed by atoms with Crippen LogP contribution in [0.25, 0.3) is 0 Å². The van der Waals surface area contributed by atoms with Gasteiger partial charge in [0.15, 0.2) is 0 Å². The summed E-state index contributed by atoms with van der Waals surface area (Å²) in [4.78, 5) is 26.1. The monoisotopic (exact) mass is 439 g/mol. The van der Waals surface area contributed by atoms with Crippen LogP contribution in [0.1, 0.15) is 21.6 Å². The molecule has 1 saturated heterocycles. The van der Waals surface area contributed by atoms with Crippen LogP contribution in [0.3, 0.4) is 0 Å². The quantitative estimate of drug-likeness (QED) is 0.583. The Hall–Kier alpha value is -2.42. The number of carbonyl (C=O) groups is 1. The molecule has 1 aliphatic rings. The molecule has 4 rings (SSSR count). The highest BCUT2D eigenvalue weighted by Gasteiger charge is 2.15. The van der Waals surface area contributed by atoms with Crippen molar-refractivity contribution in [3.63, 3.8) is 0 Å². The second-order valence-electron chi connectivity index (χ2n) is 7.39. The first-order valence-electron chi connectivity index (χ1n) is 9.91. The number of likely N-dealkylation sites (N-methyl/N-ethyl adjacent to an activating group) is 1. The molecule has 0 atom stereocenters. The largest absolute Gasteiger partial charge is 0.368 e. The molecule has 1 aromatic carbocycles. The minimum atomic E-state index is -0.149. The number of thioether (sulfide) groups is 1. The number of thiazole rings is 1. The molecule has 0 spiro atoms. The summed E-state index contributed by atoms with van der Waals surface area (Å²) in [6.07, 6.45) is 1.83. The Morgan fingerprint density at radius 1 is 1.13 bits per heavy atom. The predicted octanol–water partition coefficient (Wildman–Crippen LogP) is 4.14. The minimum Gasteiger partial charge on any atom is -0.368 e. The summed E-state index contributed by atoms with van der Waals surface area (Å²) in [5.41, 5.74) is 3.94. The van der Waals surface area contributed by atoms with E-state index in [-0.39, 0.29) is 5.91 Å². The topological polar surface area (TPSA) is 61.4 Å². The Morgan fingerprint density at radius 3 is 2.53 bits per heavy atom. The minimum absolute atomic E-state index is 0.149. The highest BCUT2D eigenvalue weighted by atomic mass is 32.2. The number of benzene rings is 1. The van der Waals surface area contributed by atoms with Crippen LogP contribution in [0.15, 0.2) is 52.3 Å². The van der Waals surface area contributed by atoms with Gasteiger partial charge in [0.25, 0.3) is 5.91 Å². The molecule has 1 aliphatic heterocycles. The maximum atomic E-state index is 12.5. The fourth-order valence-corrected chi connectivity index (χ4v) is 5.00. The van der Waals surface area contributed by atoms with Gasteiger partial charge in [0.1, 0.15) is 10.2 Å². The number of hydrogen-bond acceptors (Lipinski definition) is 7. The van der Waals surface area contributed by atoms with E-state index >= 15 is 0 Å². The van der Waals surface area contributed by atoms with E-state index < -0.39 is 0 Å². The molecule has 2 aromatic heterocycles. The Morgan fingerprint density at radius 2 is 1.90 bits per heavy atom. The molecular weight excluding hydrogens is 414 g/mol. The summed E-state index contributed by atoms with van der Waals surface area (Å²) in [6, 6.07) is 11.6. The van der Waals surface area contributed by atoms with Gasteiger partial charge in [-0.15, -0.1) is 11.3 Å². The Kier molecular flexibility index (Phi) is 6.66. The van der Waals surface area contributed by atoms with Crippen molar-refractivity contribution in [3.8, 4) is 0 Å². The van der Waals surface area contributed by atoms with Gasteiger partial charge in [-0.2, -0.15) is 0 Å². The van der Waals surface area contributed by atoms with Gasteiger partial charge in [-0.3, -0.25) is 4.79 Å². The number of pyridine rings is 1. The van der Waals surface area contributed by atoms with E-state index in [1.807, 2.05) is 49.5 Å². The lowest BCUT2D eigenvalue weighted by Gasteiger charge is -2.33. The molecule has 0 unspecified atom stereocenters. The number of rotatable bonds is 6. The lowest BCUT2D eigenvalue weighted by molar-refractivity contribution is 0.102. The van der Waals surface area contributed by atoms with Crippen molar-refractivity contribution in [2.45, 2.75) is 17.0 Å². The maximum Gasteiger partial charge on any atom is 0.256 e. The number of anilines is 2. The van der Waals surface area contributed by atoms with Crippen LogP contribution in [0.2, 0.25) is 0 Å². The Balaban J connectivity index is 1.31. The summed E-state index contributed by atoms with van der Waals surface area (Å²) in [5.74, 6) is 1.26. The van der Waals surface area contributed by atoms with Gasteiger partial charge in [-0.1, -0.05) is 23.9 Å². The summed E-state index contributed by atoms with van der Waals surface area (Å²) < 4.78 is 1.07. The van der Waals surface area contributed by atoms with Gasteiger partial charge in [0.2, 0.25) is 0 Å². The van der Waals surface area contributed by atoms with Crippen molar-refractivity contribution >= 4 is 40.5 Å². The fraction of sp³-hybridized carbons (Fsp3) is 0.318. The number of aryl methyl sites for hydroxylation is 1. The molecule has 30 heavy (non-hydrogen) atoms. The lowest BCUT2D eigenvalue weighted by Crippen LogP contribution is -2.44. The second-order valence-corrected chi connectivity index (χ2v) is 9.47. The molecule has 1 amide bonds. The highest BCUT2D eigenvalue weighted by Crippen LogP contribution is 2.26. The molecule has 0 bridgehead atoms. The normalized spacial score (nSPS) is 14.7. The highest BCUT2D eigenvalue weighted by molar-refractivity contribution is 8.00. The first-order valence-corrected chi connectivity index (χ1v) is 11.8. The van der Waals surface area contributed by atoms with Crippen LogP contribution in [-0.2, 0) is 5.75 Å². The number of aromatic nitrogens is 2. The molecule has 1 fully saturated rings. The van der Waals surface area contributed by atoms with Gasteiger partial charge in [0.05, 0.1) is 11.9 Å². The first-order chi connectivity index (χ1) is 14.6. The average Bonchev–Trinajstić information content (AvgIpc) is 3.19. The smallest absolute Gasteiger partial charge is 0.256 e. The van der Waals surface area contributed by atoms with Crippen LogP contribution < -0.4 is 10.2 Å². The summed E-state index contributed by atoms with van der Waals surface area (Å²) in [7, 11) is 2.14. The third kappa shape index (κ3) is 5.38. The molecule has 0 aliphatic carbocycles. The Bertz CT molecular complexity index is 980. The molecule has 156 valence electrons. The molecule has 6 nitrogen and oxygen atoms in total. The zero-order valence-corrected chi connectivity index (χ0v) is 18.8. The summed E-state index contributed by atoms with van der Waals surface area (Å²) >= 11 is 3.38. The molecular formula is C22H25N5OS2. The van der Waals surface area contributed by atoms with Crippen LogP contribution in [0.4, 0.5) is 11.5 Å². The van der Waals surface area contributed by atoms with E-state index in [0.29, 0.717) is 11.4 Å². The molecule has 3 aromatic rings. The number of piperazine rings is 1. The molecule has 0 saturated carbocycles. The van der Waals surface area contributed by atoms with E-state index in [4.69, 9.17) is 0 Å². The van der Waals surface area contributed by atoms with Crippen LogP contribution in [0, 0.1) is 6.92 Å². The zero-order chi connectivity index (χ0) is 20.9. The number of carbonyl (C=O) groups excluding carboxylic acids is 1. The molecule has 8 heteroatoms. The molecule has 1 N–H and O–H groups in total. The van der Waals surface area contributed by atoms with E-state index in [2.05, 4.69) is 37.5 Å². The van der Waals surface area contributed by atoms with Gasteiger partial charge in [-0.25, -0.2) is 9.97 Å². The number of hydrogen-bond donors (Lipinski definition) is 1. The summed E-state index contributed by atoms with van der Waals surface area (Å²) in [6.45, 7) is 6.10. The maximum absolute atomic E-state index is 12.5.